The molecule has 1 saturated heterocycles. The number of hydrogen-bond acceptors (Lipinski definition) is 5. The molecule has 10 heteroatoms. The summed E-state index contributed by atoms with van der Waals surface area (Å²) in [7, 11) is 3.70. The highest BCUT2D eigenvalue weighted by Gasteiger charge is 2.38. The standard InChI is InChI=1S/C14H20N4O.C2HF3O2/c1-17-14-4-3-11(7-13(14)15-16-17)8-18-6-5-12(9-18)10-19-2;3-2(4,5)1(6)7/h3-4,7,12H,5-6,8-10H2,1-2H3;(H,6,7). The molecule has 1 N–H and O–H groups in total. The molecule has 0 bridgehead atoms. The number of aryl methyl sites for hydroxylation is 1. The van der Waals surface area contributed by atoms with Crippen LogP contribution in [0.4, 0.5) is 13.2 Å². The maximum atomic E-state index is 10.6. The predicted octanol–water partition coefficient (Wildman–Crippen LogP) is 2.07. The van der Waals surface area contributed by atoms with Crippen molar-refractivity contribution in [2.45, 2.75) is 19.1 Å². The lowest BCUT2D eigenvalue weighted by Crippen LogP contribution is -2.21. The van der Waals surface area contributed by atoms with Gasteiger partial charge < -0.3 is 9.84 Å². The zero-order chi connectivity index (χ0) is 19.3. The number of rotatable bonds is 4. The van der Waals surface area contributed by atoms with Crippen molar-refractivity contribution < 1.29 is 27.8 Å². The summed E-state index contributed by atoms with van der Waals surface area (Å²) in [6.07, 6.45) is -3.85. The number of carboxylic acids is 1. The van der Waals surface area contributed by atoms with E-state index in [9.17, 15) is 13.2 Å². The van der Waals surface area contributed by atoms with Gasteiger partial charge in [0.15, 0.2) is 0 Å². The summed E-state index contributed by atoms with van der Waals surface area (Å²) >= 11 is 0. The molecule has 3 rings (SSSR count). The number of carboxylic acid groups (broad SMARTS) is 1. The van der Waals surface area contributed by atoms with Gasteiger partial charge in [-0.2, -0.15) is 13.2 Å². The van der Waals surface area contributed by atoms with Gasteiger partial charge in [-0.25, -0.2) is 9.48 Å². The Labute approximate surface area is 148 Å². The predicted molar refractivity (Wildman–Crippen MR) is 87.5 cm³/mol. The van der Waals surface area contributed by atoms with Crippen LogP contribution in [0.15, 0.2) is 18.2 Å². The van der Waals surface area contributed by atoms with E-state index in [1.807, 2.05) is 11.7 Å². The molecule has 7 nitrogen and oxygen atoms in total. The van der Waals surface area contributed by atoms with Crippen LogP contribution in [0.1, 0.15) is 12.0 Å². The van der Waals surface area contributed by atoms with Gasteiger partial charge >= 0.3 is 12.1 Å². The van der Waals surface area contributed by atoms with Crippen LogP contribution in [0.2, 0.25) is 0 Å². The summed E-state index contributed by atoms with van der Waals surface area (Å²) in [4.78, 5) is 11.4. The third kappa shape index (κ3) is 5.40. The fraction of sp³-hybridized carbons (Fsp3) is 0.562. The van der Waals surface area contributed by atoms with Crippen molar-refractivity contribution >= 4 is 17.0 Å². The minimum absolute atomic E-state index is 0.685. The number of carbonyl (C=O) groups is 1. The van der Waals surface area contributed by atoms with Gasteiger partial charge in [0.2, 0.25) is 0 Å². The lowest BCUT2D eigenvalue weighted by molar-refractivity contribution is -0.192. The Morgan fingerprint density at radius 2 is 2.12 bits per heavy atom. The lowest BCUT2D eigenvalue weighted by atomic mass is 10.1. The zero-order valence-corrected chi connectivity index (χ0v) is 14.5. The van der Waals surface area contributed by atoms with Gasteiger partial charge in [0.25, 0.3) is 0 Å². The number of aliphatic carboxylic acids is 1. The van der Waals surface area contributed by atoms with Crippen molar-refractivity contribution in [2.24, 2.45) is 13.0 Å². The Kier molecular flexibility index (Phi) is 6.54. The maximum absolute atomic E-state index is 10.6. The molecule has 0 amide bonds. The first-order valence-corrected chi connectivity index (χ1v) is 8.00. The molecular formula is C16H21F3N4O3. The maximum Gasteiger partial charge on any atom is 0.490 e. The van der Waals surface area contributed by atoms with Gasteiger partial charge in [-0.05, 0) is 36.6 Å². The SMILES string of the molecule is COCC1CCN(Cc2ccc3c(c2)nnn3C)C1.O=C(O)C(F)(F)F. The van der Waals surface area contributed by atoms with Crippen LogP contribution >= 0.6 is 0 Å². The number of halogens is 3. The fourth-order valence-corrected chi connectivity index (χ4v) is 2.87. The zero-order valence-electron chi connectivity index (χ0n) is 14.5. The van der Waals surface area contributed by atoms with Crippen molar-refractivity contribution in [3.05, 3.63) is 23.8 Å². The highest BCUT2D eigenvalue weighted by Crippen LogP contribution is 2.20. The number of methoxy groups -OCH3 is 1. The van der Waals surface area contributed by atoms with E-state index in [2.05, 4.69) is 33.4 Å². The van der Waals surface area contributed by atoms with E-state index in [1.165, 1.54) is 12.0 Å². The van der Waals surface area contributed by atoms with Crippen molar-refractivity contribution in [3.8, 4) is 0 Å². The first-order valence-electron chi connectivity index (χ1n) is 8.00. The van der Waals surface area contributed by atoms with Crippen LogP contribution < -0.4 is 0 Å². The molecule has 1 aliphatic rings. The lowest BCUT2D eigenvalue weighted by Gasteiger charge is -2.15. The highest BCUT2D eigenvalue weighted by atomic mass is 19.4. The molecule has 0 aliphatic carbocycles. The second kappa shape index (κ2) is 8.45. The molecule has 1 aromatic heterocycles. The molecule has 2 aromatic rings. The van der Waals surface area contributed by atoms with E-state index in [4.69, 9.17) is 14.6 Å². The quantitative estimate of drug-likeness (QED) is 0.883. The number of alkyl halides is 3. The largest absolute Gasteiger partial charge is 0.490 e. The number of nitrogens with zero attached hydrogens (tertiary/aromatic N) is 4. The monoisotopic (exact) mass is 374 g/mol. The van der Waals surface area contributed by atoms with Crippen LogP contribution in [0.25, 0.3) is 11.0 Å². The number of hydrogen-bond donors (Lipinski definition) is 1. The molecule has 0 saturated carbocycles. The van der Waals surface area contributed by atoms with E-state index < -0.39 is 12.1 Å². The van der Waals surface area contributed by atoms with Crippen LogP contribution in [0.5, 0.6) is 0 Å². The van der Waals surface area contributed by atoms with Crippen molar-refractivity contribution in [3.63, 3.8) is 0 Å². The van der Waals surface area contributed by atoms with Crippen LogP contribution in [-0.4, -0.2) is 64.0 Å². The van der Waals surface area contributed by atoms with E-state index in [0.29, 0.717) is 5.92 Å². The summed E-state index contributed by atoms with van der Waals surface area (Å²) in [6.45, 7) is 4.16. The summed E-state index contributed by atoms with van der Waals surface area (Å²) in [6, 6.07) is 6.43. The molecular weight excluding hydrogens is 353 g/mol. The minimum Gasteiger partial charge on any atom is -0.475 e. The van der Waals surface area contributed by atoms with E-state index in [1.54, 1.807) is 7.11 Å². The first-order chi connectivity index (χ1) is 12.2. The van der Waals surface area contributed by atoms with E-state index >= 15 is 0 Å². The van der Waals surface area contributed by atoms with Gasteiger partial charge in [0.05, 0.1) is 12.1 Å². The number of ether oxygens (including phenoxy) is 1. The summed E-state index contributed by atoms with van der Waals surface area (Å²) in [5, 5.41) is 15.3. The smallest absolute Gasteiger partial charge is 0.475 e. The Bertz CT molecular complexity index is 748. The third-order valence-electron chi connectivity index (χ3n) is 4.10. The van der Waals surface area contributed by atoms with Crippen LogP contribution in [0.3, 0.4) is 0 Å². The second-order valence-electron chi connectivity index (χ2n) is 6.18. The molecule has 2 heterocycles. The summed E-state index contributed by atoms with van der Waals surface area (Å²) in [5.41, 5.74) is 3.38. The normalized spacial score (nSPS) is 18.0. The van der Waals surface area contributed by atoms with Gasteiger partial charge in [-0.15, -0.1) is 5.10 Å². The van der Waals surface area contributed by atoms with Gasteiger partial charge in [-0.1, -0.05) is 11.3 Å². The Morgan fingerprint density at radius 3 is 2.73 bits per heavy atom. The Morgan fingerprint density at radius 1 is 1.42 bits per heavy atom. The number of benzene rings is 1. The highest BCUT2D eigenvalue weighted by molar-refractivity contribution is 5.74. The van der Waals surface area contributed by atoms with Crippen LogP contribution in [-0.2, 0) is 23.1 Å². The molecule has 1 atom stereocenters. The third-order valence-corrected chi connectivity index (χ3v) is 4.10. The van der Waals surface area contributed by atoms with Crippen molar-refractivity contribution in [2.75, 3.05) is 26.8 Å². The first kappa shape index (κ1) is 20.1. The molecule has 1 unspecified atom stereocenters. The van der Waals surface area contributed by atoms with Crippen molar-refractivity contribution in [1.29, 1.82) is 0 Å². The van der Waals surface area contributed by atoms with E-state index in [-0.39, 0.29) is 0 Å². The Balaban J connectivity index is 0.000000298. The average Bonchev–Trinajstić information content (AvgIpc) is 3.14. The molecule has 1 fully saturated rings. The molecule has 1 aromatic carbocycles. The van der Waals surface area contributed by atoms with Gasteiger partial charge in [0.1, 0.15) is 5.52 Å². The number of fused-ring (bicyclic) bond motifs is 1. The molecule has 0 radical (unpaired) electrons. The number of aromatic nitrogens is 3. The minimum atomic E-state index is -5.08. The van der Waals surface area contributed by atoms with E-state index in [0.717, 1.165) is 37.3 Å². The van der Waals surface area contributed by atoms with Crippen molar-refractivity contribution in [1.82, 2.24) is 19.9 Å². The molecule has 1 aliphatic heterocycles. The van der Waals surface area contributed by atoms with Gasteiger partial charge in [-0.3, -0.25) is 4.90 Å². The number of likely N-dealkylation sites (tertiary alicyclic amines) is 1. The fourth-order valence-electron chi connectivity index (χ4n) is 2.87. The molecule has 144 valence electrons. The Hall–Kier alpha value is -2.20. The average molecular weight is 374 g/mol. The molecule has 0 spiro atoms. The molecule has 26 heavy (non-hydrogen) atoms. The summed E-state index contributed by atoms with van der Waals surface area (Å²) in [5.74, 6) is -2.07. The topological polar surface area (TPSA) is 80.5 Å². The second-order valence-corrected chi connectivity index (χ2v) is 6.18. The van der Waals surface area contributed by atoms with Gasteiger partial charge in [0, 0.05) is 27.2 Å². The summed E-state index contributed by atoms with van der Waals surface area (Å²) < 4.78 is 38.8. The van der Waals surface area contributed by atoms with Crippen LogP contribution in [0, 0.1) is 5.92 Å².